The summed E-state index contributed by atoms with van der Waals surface area (Å²) in [5, 5.41) is 12.7. The molecule has 4 rings (SSSR count). The molecule has 1 aliphatic heterocycles. The summed E-state index contributed by atoms with van der Waals surface area (Å²) in [7, 11) is 0. The maximum atomic E-state index is 14.9. The van der Waals surface area contributed by atoms with E-state index in [1.165, 1.54) is 4.90 Å². The quantitative estimate of drug-likeness (QED) is 0.152. The fourth-order valence-electron chi connectivity index (χ4n) is 5.74. The largest absolute Gasteiger partial charge is 0.387 e. The number of imide groups is 1. The van der Waals surface area contributed by atoms with Gasteiger partial charge in [0.1, 0.15) is 24.1 Å². The molecule has 2 heterocycles. The second-order valence-electron chi connectivity index (χ2n) is 13.2. The molecule has 0 fully saturated rings. The number of aromatic nitrogens is 2. The van der Waals surface area contributed by atoms with Crippen molar-refractivity contribution in [3.05, 3.63) is 89.9 Å². The highest BCUT2D eigenvalue weighted by atomic mass is 19.1. The van der Waals surface area contributed by atoms with Gasteiger partial charge >= 0.3 is 0 Å². The SMILES string of the molecule is CC(C)(C)[C@H](c1nc(-c2cc(F)ccc2F)cn1Cc1ccccc1)N(CC[C@H](N)C(=O)NCCCC(=O)CN1C(=O)C=CC1=O)C(=O)CO. The molecule has 1 aromatic heterocycles. The van der Waals surface area contributed by atoms with E-state index in [-0.39, 0.29) is 55.9 Å². The lowest BCUT2D eigenvalue weighted by molar-refractivity contribution is -0.141. The lowest BCUT2D eigenvalue weighted by Gasteiger charge is -2.40. The lowest BCUT2D eigenvalue weighted by Crippen LogP contribution is -2.48. The molecule has 266 valence electrons. The number of aliphatic hydroxyl groups excluding tert-OH is 1. The van der Waals surface area contributed by atoms with Gasteiger partial charge in [0.15, 0.2) is 5.78 Å². The highest BCUT2D eigenvalue weighted by Crippen LogP contribution is 2.39. The van der Waals surface area contributed by atoms with Gasteiger partial charge in [-0.25, -0.2) is 13.8 Å². The minimum absolute atomic E-state index is 0.0000423. The number of benzene rings is 2. The molecule has 1 aliphatic rings. The number of amides is 4. The Morgan fingerprint density at radius 2 is 1.72 bits per heavy atom. The number of ketones is 1. The van der Waals surface area contributed by atoms with E-state index < -0.39 is 59.4 Å². The zero-order chi connectivity index (χ0) is 36.6. The number of rotatable bonds is 16. The van der Waals surface area contributed by atoms with Crippen LogP contribution >= 0.6 is 0 Å². The number of aliphatic hydroxyl groups is 1. The fraction of sp³-hybridized carbons (Fsp3) is 0.389. The molecule has 2 atom stereocenters. The topological polar surface area (TPSA) is 168 Å². The number of nitrogens with zero attached hydrogens (tertiary/aromatic N) is 4. The number of nitrogens with one attached hydrogen (secondary N) is 1. The van der Waals surface area contributed by atoms with Crippen LogP contribution in [0.2, 0.25) is 0 Å². The Bertz CT molecular complexity index is 1730. The average molecular weight is 693 g/mol. The third kappa shape index (κ3) is 9.54. The van der Waals surface area contributed by atoms with Crippen molar-refractivity contribution >= 4 is 29.4 Å². The number of imidazole rings is 1. The van der Waals surface area contributed by atoms with Gasteiger partial charge in [0.25, 0.3) is 11.8 Å². The fourth-order valence-corrected chi connectivity index (χ4v) is 5.74. The molecule has 12 nitrogen and oxygen atoms in total. The first-order chi connectivity index (χ1) is 23.7. The lowest BCUT2D eigenvalue weighted by atomic mass is 9.84. The molecule has 0 unspecified atom stereocenters. The smallest absolute Gasteiger partial charge is 0.254 e. The second kappa shape index (κ2) is 16.5. The van der Waals surface area contributed by atoms with E-state index in [9.17, 15) is 37.9 Å². The molecule has 0 bridgehead atoms. The highest BCUT2D eigenvalue weighted by molar-refractivity contribution is 6.14. The molecule has 0 radical (unpaired) electrons. The van der Waals surface area contributed by atoms with E-state index in [0.29, 0.717) is 12.4 Å². The Labute approximate surface area is 288 Å². The molecule has 4 N–H and O–H groups in total. The Morgan fingerprint density at radius 3 is 2.36 bits per heavy atom. The molecule has 0 saturated carbocycles. The summed E-state index contributed by atoms with van der Waals surface area (Å²) in [6.45, 7) is 4.79. The average Bonchev–Trinajstić information content (AvgIpc) is 3.62. The normalized spacial score (nSPS) is 14.2. The number of carbonyl (C=O) groups excluding carboxylic acids is 5. The van der Waals surface area contributed by atoms with Crippen LogP contribution in [-0.4, -0.2) is 86.2 Å². The Balaban J connectivity index is 1.50. The van der Waals surface area contributed by atoms with E-state index in [1.807, 2.05) is 51.1 Å². The van der Waals surface area contributed by atoms with Crippen LogP contribution in [0.3, 0.4) is 0 Å². The second-order valence-corrected chi connectivity index (χ2v) is 13.2. The number of halogens is 2. The van der Waals surface area contributed by atoms with Crippen LogP contribution in [0.1, 0.15) is 57.5 Å². The molecule has 14 heteroatoms. The van der Waals surface area contributed by atoms with Crippen LogP contribution < -0.4 is 11.1 Å². The minimum atomic E-state index is -1.06. The van der Waals surface area contributed by atoms with Crippen LogP contribution in [0.5, 0.6) is 0 Å². The molecule has 4 amide bonds. The summed E-state index contributed by atoms with van der Waals surface area (Å²) in [4.78, 5) is 68.7. The first kappa shape index (κ1) is 37.7. The predicted octanol–water partition coefficient (Wildman–Crippen LogP) is 2.89. The molecule has 0 aliphatic carbocycles. The number of carbonyl (C=O) groups is 5. The maximum Gasteiger partial charge on any atom is 0.254 e. The number of hydrogen-bond donors (Lipinski definition) is 3. The van der Waals surface area contributed by atoms with E-state index in [1.54, 1.807) is 10.8 Å². The van der Waals surface area contributed by atoms with Gasteiger partial charge in [0.2, 0.25) is 11.8 Å². The van der Waals surface area contributed by atoms with E-state index in [2.05, 4.69) is 5.32 Å². The van der Waals surface area contributed by atoms with E-state index >= 15 is 0 Å². The Morgan fingerprint density at radius 1 is 1.04 bits per heavy atom. The molecule has 3 aromatic rings. The van der Waals surface area contributed by atoms with Gasteiger partial charge in [-0.1, -0.05) is 51.1 Å². The van der Waals surface area contributed by atoms with Gasteiger partial charge < -0.3 is 25.6 Å². The van der Waals surface area contributed by atoms with Gasteiger partial charge in [0, 0.05) is 50.0 Å². The zero-order valence-electron chi connectivity index (χ0n) is 28.3. The van der Waals surface area contributed by atoms with Crippen LogP contribution in [0.4, 0.5) is 8.78 Å². The van der Waals surface area contributed by atoms with Crippen LogP contribution in [0.25, 0.3) is 11.3 Å². The Kier molecular flexibility index (Phi) is 12.5. The maximum absolute atomic E-state index is 14.9. The summed E-state index contributed by atoms with van der Waals surface area (Å²) < 4.78 is 30.9. The molecular formula is C36H42F2N6O6. The minimum Gasteiger partial charge on any atom is -0.387 e. The van der Waals surface area contributed by atoms with Gasteiger partial charge in [-0.3, -0.25) is 28.9 Å². The van der Waals surface area contributed by atoms with Crippen molar-refractivity contribution in [2.45, 2.75) is 58.7 Å². The highest BCUT2D eigenvalue weighted by Gasteiger charge is 2.38. The van der Waals surface area contributed by atoms with Gasteiger partial charge in [0.05, 0.1) is 24.3 Å². The Hall–Kier alpha value is -5.08. The van der Waals surface area contributed by atoms with Crippen molar-refractivity contribution in [3.63, 3.8) is 0 Å². The summed E-state index contributed by atoms with van der Waals surface area (Å²) in [6, 6.07) is 10.6. The summed E-state index contributed by atoms with van der Waals surface area (Å²) in [5.41, 5.74) is 6.50. The predicted molar refractivity (Wildman–Crippen MR) is 180 cm³/mol. The number of nitrogens with two attached hydrogens (primary N) is 1. The van der Waals surface area contributed by atoms with Crippen molar-refractivity contribution < 1.29 is 37.9 Å². The summed E-state index contributed by atoms with van der Waals surface area (Å²) in [5.74, 6) is -3.56. The van der Waals surface area contributed by atoms with Crippen molar-refractivity contribution in [1.82, 2.24) is 24.7 Å². The van der Waals surface area contributed by atoms with Crippen LogP contribution in [0.15, 0.2) is 66.9 Å². The van der Waals surface area contributed by atoms with Gasteiger partial charge in [-0.2, -0.15) is 0 Å². The van der Waals surface area contributed by atoms with Gasteiger partial charge in [-0.05, 0) is 42.0 Å². The van der Waals surface area contributed by atoms with Crippen molar-refractivity contribution in [2.75, 3.05) is 26.2 Å². The zero-order valence-corrected chi connectivity index (χ0v) is 28.3. The third-order valence-corrected chi connectivity index (χ3v) is 8.22. The molecule has 50 heavy (non-hydrogen) atoms. The monoisotopic (exact) mass is 692 g/mol. The van der Waals surface area contributed by atoms with Crippen LogP contribution in [-0.2, 0) is 30.5 Å². The van der Waals surface area contributed by atoms with Crippen LogP contribution in [0, 0.1) is 17.0 Å². The van der Waals surface area contributed by atoms with Crippen molar-refractivity contribution in [1.29, 1.82) is 0 Å². The number of hydrogen-bond acceptors (Lipinski definition) is 8. The van der Waals surface area contributed by atoms with Crippen molar-refractivity contribution in [2.24, 2.45) is 11.1 Å². The summed E-state index contributed by atoms with van der Waals surface area (Å²) >= 11 is 0. The molecule has 0 saturated heterocycles. The molecule has 2 aromatic carbocycles. The summed E-state index contributed by atoms with van der Waals surface area (Å²) in [6.07, 6.45) is 4.07. The van der Waals surface area contributed by atoms with E-state index in [0.717, 1.165) is 40.8 Å². The standard InChI is InChI=1S/C36H42F2N6O6/c1-36(2,3)33(34-41-29(26-18-24(37)11-12-27(26)38)21-42(34)19-23-8-5-4-6-9-23)43(32(49)22-45)17-15-28(39)35(50)40-16-7-10-25(46)20-44-30(47)13-14-31(44)48/h4-6,8-9,11-14,18,21,28,33,45H,7,10,15-17,19-20,22,39H2,1-3H3,(H,40,50)/t28-,33-/m0/s1. The van der Waals surface area contributed by atoms with Gasteiger partial charge in [-0.15, -0.1) is 0 Å². The molecular weight excluding hydrogens is 650 g/mol. The first-order valence-corrected chi connectivity index (χ1v) is 16.2. The third-order valence-electron chi connectivity index (χ3n) is 8.22. The van der Waals surface area contributed by atoms with E-state index in [4.69, 9.17) is 10.7 Å². The first-order valence-electron chi connectivity index (χ1n) is 16.2. The molecule has 0 spiro atoms. The number of Topliss-reactive ketones (excluding diaryl/α,β-unsaturated/α-hetero) is 1. The van der Waals surface area contributed by atoms with Crippen molar-refractivity contribution in [3.8, 4) is 11.3 Å².